The molecule has 1 aromatic carbocycles. The molecule has 1 saturated heterocycles. The predicted molar refractivity (Wildman–Crippen MR) is 128 cm³/mol. The molecule has 0 unspecified atom stereocenters. The maximum Gasteiger partial charge on any atom is 0.416 e. The van der Waals surface area contributed by atoms with E-state index in [9.17, 15) is 27.2 Å². The number of hydrogen-bond donors (Lipinski definition) is 0. The molecule has 1 aliphatic rings. The lowest BCUT2D eigenvalue weighted by molar-refractivity contribution is -0.137. The lowest BCUT2D eigenvalue weighted by Crippen LogP contribution is -2.52. The summed E-state index contributed by atoms with van der Waals surface area (Å²) in [6, 6.07) is 5.53. The minimum absolute atomic E-state index is 0.0629. The molecular weight excluding hydrogens is 492 g/mol. The Morgan fingerprint density at radius 2 is 1.81 bits per heavy atom. The Balaban J connectivity index is 1.69. The molecule has 1 amide bonds. The fourth-order valence-electron chi connectivity index (χ4n) is 4.46. The predicted octanol–water partition coefficient (Wildman–Crippen LogP) is 4.52. The third kappa shape index (κ3) is 4.11. The first-order valence-corrected chi connectivity index (χ1v) is 11.4. The van der Waals surface area contributed by atoms with Crippen molar-refractivity contribution in [2.45, 2.75) is 32.1 Å². The molecule has 3 aromatic heterocycles. The van der Waals surface area contributed by atoms with Crippen LogP contribution in [0, 0.1) is 0 Å². The molecule has 192 valence electrons. The minimum Gasteiger partial charge on any atom is -0.332 e. The van der Waals surface area contributed by atoms with Crippen LogP contribution in [0.1, 0.15) is 31.5 Å². The topological polar surface area (TPSA) is 78.0 Å². The maximum atomic E-state index is 13.8. The molecule has 0 N–H and O–H groups in total. The Kier molecular flexibility index (Phi) is 5.76. The fourth-order valence-corrected chi connectivity index (χ4v) is 4.46. The third-order valence-corrected chi connectivity index (χ3v) is 6.40. The number of carbonyl (C=O) groups is 1. The van der Waals surface area contributed by atoms with Gasteiger partial charge in [-0.1, -0.05) is 6.58 Å². The number of benzene rings is 1. The van der Waals surface area contributed by atoms with Crippen molar-refractivity contribution >= 4 is 17.1 Å². The molecule has 0 saturated carbocycles. The summed E-state index contributed by atoms with van der Waals surface area (Å²) in [7, 11) is 0. The number of aromatic nitrogens is 5. The van der Waals surface area contributed by atoms with E-state index in [0.717, 1.165) is 12.1 Å². The number of pyridine rings is 1. The van der Waals surface area contributed by atoms with Gasteiger partial charge in [-0.3, -0.25) is 14.0 Å². The van der Waals surface area contributed by atoms with Crippen LogP contribution in [0.15, 0.2) is 66.1 Å². The second kappa shape index (κ2) is 8.71. The van der Waals surface area contributed by atoms with Gasteiger partial charge in [0.2, 0.25) is 0 Å². The fraction of sp³-hybridized carbons (Fsp3) is 0.280. The van der Waals surface area contributed by atoms with Gasteiger partial charge in [-0.2, -0.15) is 18.3 Å². The summed E-state index contributed by atoms with van der Waals surface area (Å²) in [5.41, 5.74) is 0.840. The molecule has 1 aliphatic heterocycles. The number of alkyl halides is 3. The zero-order chi connectivity index (χ0) is 26.6. The highest BCUT2D eigenvalue weighted by atomic mass is 19.4. The molecule has 0 radical (unpaired) electrons. The van der Waals surface area contributed by atoms with E-state index < -0.39 is 35.2 Å². The zero-order valence-electron chi connectivity index (χ0n) is 19.9. The van der Waals surface area contributed by atoms with E-state index in [1.165, 1.54) is 32.4 Å². The molecule has 4 aromatic rings. The molecule has 4 heterocycles. The van der Waals surface area contributed by atoms with E-state index in [1.54, 1.807) is 16.9 Å². The van der Waals surface area contributed by atoms with Crippen LogP contribution in [-0.2, 0) is 11.0 Å². The monoisotopic (exact) mass is 514 g/mol. The van der Waals surface area contributed by atoms with Gasteiger partial charge in [0.1, 0.15) is 0 Å². The number of halogens is 4. The van der Waals surface area contributed by atoms with E-state index in [4.69, 9.17) is 0 Å². The van der Waals surface area contributed by atoms with Crippen molar-refractivity contribution in [3.05, 3.63) is 77.4 Å². The number of nitrogens with zero attached hydrogens (tertiary/aromatic N) is 6. The number of imidazole rings is 1. The lowest BCUT2D eigenvalue weighted by atomic mass is 10.1. The summed E-state index contributed by atoms with van der Waals surface area (Å²) in [4.78, 5) is 31.4. The average Bonchev–Trinajstić information content (AvgIpc) is 3.41. The van der Waals surface area contributed by atoms with Gasteiger partial charge in [-0.15, -0.1) is 0 Å². The van der Waals surface area contributed by atoms with E-state index in [-0.39, 0.29) is 30.5 Å². The van der Waals surface area contributed by atoms with Crippen molar-refractivity contribution in [2.75, 3.05) is 13.1 Å². The molecule has 0 spiro atoms. The molecule has 8 nitrogen and oxygen atoms in total. The van der Waals surface area contributed by atoms with E-state index in [0.29, 0.717) is 16.6 Å². The summed E-state index contributed by atoms with van der Waals surface area (Å²) >= 11 is 0. The molecule has 0 atom stereocenters. The standard InChI is InChI=1S/C25H22F4N6O2/c1-14(2)33-11-16(10-31-33)20-8-9-30-22-21(20)34(19-12-32(13-19)23(36)15(3)26)24(37)35(22)18-6-4-17(5-7-18)25(27,28)29/h4-11,14,19H,3,12-13H2,1-2H3. The first kappa shape index (κ1) is 24.5. The maximum absolute atomic E-state index is 13.8. The smallest absolute Gasteiger partial charge is 0.332 e. The minimum atomic E-state index is -4.53. The Bertz CT molecular complexity index is 1570. The van der Waals surface area contributed by atoms with Crippen LogP contribution in [0.2, 0.25) is 0 Å². The van der Waals surface area contributed by atoms with Crippen molar-refractivity contribution in [3.63, 3.8) is 0 Å². The van der Waals surface area contributed by atoms with Crippen LogP contribution < -0.4 is 5.69 Å². The number of hydrogen-bond acceptors (Lipinski definition) is 4. The Labute approximate surface area is 208 Å². The number of fused-ring (bicyclic) bond motifs is 1. The van der Waals surface area contributed by atoms with Crippen molar-refractivity contribution in [1.29, 1.82) is 0 Å². The Hall–Kier alpha value is -4.22. The summed E-state index contributed by atoms with van der Waals surface area (Å²) in [6.45, 7) is 7.09. The van der Waals surface area contributed by atoms with E-state index >= 15 is 0 Å². The second-order valence-electron chi connectivity index (χ2n) is 9.13. The van der Waals surface area contributed by atoms with Gasteiger partial charge in [0.15, 0.2) is 11.5 Å². The highest BCUT2D eigenvalue weighted by molar-refractivity contribution is 5.92. The van der Waals surface area contributed by atoms with Crippen molar-refractivity contribution in [1.82, 2.24) is 28.8 Å². The van der Waals surface area contributed by atoms with Crippen LogP contribution in [0.25, 0.3) is 28.0 Å². The number of carbonyl (C=O) groups excluding carboxylic acids is 1. The third-order valence-electron chi connectivity index (χ3n) is 6.40. The van der Waals surface area contributed by atoms with Gasteiger partial charge >= 0.3 is 11.9 Å². The number of amides is 1. The van der Waals surface area contributed by atoms with Gasteiger partial charge < -0.3 is 4.90 Å². The molecule has 0 bridgehead atoms. The van der Waals surface area contributed by atoms with Gasteiger partial charge in [0.25, 0.3) is 5.91 Å². The molecule has 0 aliphatic carbocycles. The highest BCUT2D eigenvalue weighted by Crippen LogP contribution is 2.34. The summed E-state index contributed by atoms with van der Waals surface area (Å²) in [5, 5.41) is 4.37. The largest absolute Gasteiger partial charge is 0.416 e. The summed E-state index contributed by atoms with van der Waals surface area (Å²) < 4.78 is 57.2. The van der Waals surface area contributed by atoms with Crippen LogP contribution >= 0.6 is 0 Å². The average molecular weight is 514 g/mol. The SMILES string of the molecule is C=C(F)C(=O)N1CC(n2c(=O)n(-c3ccc(C(F)(F)F)cc3)c3nccc(-c4cnn(C(C)C)c4)c32)C1. The van der Waals surface area contributed by atoms with Gasteiger partial charge in [0, 0.05) is 42.7 Å². The van der Waals surface area contributed by atoms with E-state index in [2.05, 4.69) is 16.7 Å². The van der Waals surface area contributed by atoms with Crippen LogP contribution in [-0.4, -0.2) is 47.8 Å². The van der Waals surface area contributed by atoms with Gasteiger partial charge in [-0.05, 0) is 44.2 Å². The van der Waals surface area contributed by atoms with Crippen molar-refractivity contribution in [2.24, 2.45) is 0 Å². The number of likely N-dealkylation sites (tertiary alicyclic amines) is 1. The zero-order valence-corrected chi connectivity index (χ0v) is 19.9. The van der Waals surface area contributed by atoms with Crippen LogP contribution in [0.3, 0.4) is 0 Å². The lowest BCUT2D eigenvalue weighted by Gasteiger charge is -2.39. The number of rotatable bonds is 5. The first-order valence-electron chi connectivity index (χ1n) is 11.4. The quantitative estimate of drug-likeness (QED) is 0.290. The molecule has 1 fully saturated rings. The Morgan fingerprint density at radius 1 is 1.14 bits per heavy atom. The Morgan fingerprint density at radius 3 is 2.38 bits per heavy atom. The normalized spacial score (nSPS) is 14.4. The summed E-state index contributed by atoms with van der Waals surface area (Å²) in [5.74, 6) is -1.95. The van der Waals surface area contributed by atoms with Crippen molar-refractivity contribution in [3.8, 4) is 16.8 Å². The first-order chi connectivity index (χ1) is 17.5. The highest BCUT2D eigenvalue weighted by Gasteiger charge is 2.37. The van der Waals surface area contributed by atoms with Crippen LogP contribution in [0.5, 0.6) is 0 Å². The molecule has 5 rings (SSSR count). The van der Waals surface area contributed by atoms with E-state index in [1.807, 2.05) is 20.0 Å². The molecule has 37 heavy (non-hydrogen) atoms. The molecule has 12 heteroatoms. The van der Waals surface area contributed by atoms with Crippen LogP contribution in [0.4, 0.5) is 17.6 Å². The summed E-state index contributed by atoms with van der Waals surface area (Å²) in [6.07, 6.45) is 0.469. The van der Waals surface area contributed by atoms with Gasteiger partial charge in [-0.25, -0.2) is 18.7 Å². The molecular formula is C25H22F4N6O2. The second-order valence-corrected chi connectivity index (χ2v) is 9.13. The van der Waals surface area contributed by atoms with Crippen molar-refractivity contribution < 1.29 is 22.4 Å². The van der Waals surface area contributed by atoms with Gasteiger partial charge in [0.05, 0.1) is 29.0 Å².